The molecule has 2 nitrogen and oxygen atoms in total. The normalized spacial score (nSPS) is 11.0. The van der Waals surface area contributed by atoms with Crippen LogP contribution in [0.3, 0.4) is 0 Å². The molecule has 2 heteroatoms. The molecule has 0 aliphatic heterocycles. The average molecular weight is 143 g/mol. The van der Waals surface area contributed by atoms with Gasteiger partial charge in [0.2, 0.25) is 0 Å². The van der Waals surface area contributed by atoms with Crippen LogP contribution in [-0.2, 0) is 0 Å². The van der Waals surface area contributed by atoms with Crippen molar-refractivity contribution < 1.29 is 5.73 Å². The fourth-order valence-electron chi connectivity index (χ4n) is 0.734. The first kappa shape index (κ1) is 9.66. The summed E-state index contributed by atoms with van der Waals surface area (Å²) in [5.41, 5.74) is 9.09. The van der Waals surface area contributed by atoms with Crippen LogP contribution in [0.5, 0.6) is 0 Å². The van der Waals surface area contributed by atoms with Gasteiger partial charge in [0.05, 0.1) is 6.54 Å². The van der Waals surface area contributed by atoms with Crippen molar-refractivity contribution in [1.82, 2.24) is 0 Å². The molecular weight excluding hydrogens is 124 g/mol. The van der Waals surface area contributed by atoms with Gasteiger partial charge in [-0.1, -0.05) is 12.2 Å². The zero-order chi connectivity index (χ0) is 7.66. The highest BCUT2D eigenvalue weighted by Crippen LogP contribution is 1.92. The van der Waals surface area contributed by atoms with Crippen LogP contribution in [-0.4, -0.2) is 13.1 Å². The minimum Gasteiger partial charge on any atom is -0.358 e. The number of unbranched alkanes of at least 4 members (excludes halogenated alkanes) is 2. The zero-order valence-corrected chi connectivity index (χ0v) is 6.68. The van der Waals surface area contributed by atoms with E-state index >= 15 is 0 Å². The predicted molar refractivity (Wildman–Crippen MR) is 44.4 cm³/mol. The lowest BCUT2D eigenvalue weighted by Crippen LogP contribution is -2.49. The van der Waals surface area contributed by atoms with Crippen molar-refractivity contribution in [1.29, 1.82) is 0 Å². The van der Waals surface area contributed by atoms with Gasteiger partial charge in [-0.2, -0.15) is 0 Å². The quantitative estimate of drug-likeness (QED) is 0.408. The van der Waals surface area contributed by atoms with Crippen LogP contribution in [0.4, 0.5) is 0 Å². The van der Waals surface area contributed by atoms with Gasteiger partial charge < -0.3 is 11.5 Å². The molecule has 0 unspecified atom stereocenters. The maximum atomic E-state index is 5.33. The summed E-state index contributed by atoms with van der Waals surface area (Å²) in [6.45, 7) is 1.85. The second-order valence-corrected chi connectivity index (χ2v) is 2.40. The average Bonchev–Trinajstić information content (AvgIpc) is 1.97. The zero-order valence-electron chi connectivity index (χ0n) is 6.68. The van der Waals surface area contributed by atoms with E-state index in [-0.39, 0.29) is 0 Å². The van der Waals surface area contributed by atoms with Gasteiger partial charge >= 0.3 is 0 Å². The predicted octanol–water partition coefficient (Wildman–Crippen LogP) is 0.304. The summed E-state index contributed by atoms with van der Waals surface area (Å²) >= 11 is 0. The third-order valence-electron chi connectivity index (χ3n) is 1.36. The van der Waals surface area contributed by atoms with Crippen LogP contribution in [0.15, 0.2) is 12.2 Å². The minimum absolute atomic E-state index is 0.805. The molecule has 0 atom stereocenters. The summed E-state index contributed by atoms with van der Waals surface area (Å²) in [4.78, 5) is 0. The molecule has 0 saturated heterocycles. The van der Waals surface area contributed by atoms with Gasteiger partial charge in [0, 0.05) is 0 Å². The van der Waals surface area contributed by atoms with E-state index < -0.39 is 0 Å². The molecule has 0 aromatic heterocycles. The van der Waals surface area contributed by atoms with E-state index in [1.54, 1.807) is 0 Å². The number of allylic oxidation sites excluding steroid dienone is 2. The first-order valence-electron chi connectivity index (χ1n) is 4.06. The molecular formula is C8H19N2+. The van der Waals surface area contributed by atoms with Crippen molar-refractivity contribution in [2.24, 2.45) is 5.73 Å². The van der Waals surface area contributed by atoms with E-state index in [1.807, 2.05) is 0 Å². The van der Waals surface area contributed by atoms with E-state index in [4.69, 9.17) is 5.73 Å². The van der Waals surface area contributed by atoms with Gasteiger partial charge in [0.15, 0.2) is 0 Å². The smallest absolute Gasteiger partial charge is 0.0742 e. The molecule has 0 amide bonds. The Balaban J connectivity index is 2.89. The van der Waals surface area contributed by atoms with Crippen LogP contribution < -0.4 is 11.5 Å². The summed E-state index contributed by atoms with van der Waals surface area (Å²) in [5.74, 6) is 0. The largest absolute Gasteiger partial charge is 0.358 e. The van der Waals surface area contributed by atoms with Crippen LogP contribution in [0.1, 0.15) is 25.7 Å². The van der Waals surface area contributed by atoms with Gasteiger partial charge in [0.25, 0.3) is 0 Å². The van der Waals surface area contributed by atoms with Gasteiger partial charge in [-0.05, 0) is 32.2 Å². The van der Waals surface area contributed by atoms with E-state index in [1.165, 1.54) is 12.8 Å². The van der Waals surface area contributed by atoms with Gasteiger partial charge in [-0.15, -0.1) is 0 Å². The molecule has 0 aromatic carbocycles. The topological polar surface area (TPSA) is 53.7 Å². The van der Waals surface area contributed by atoms with Crippen molar-refractivity contribution >= 4 is 0 Å². The van der Waals surface area contributed by atoms with Crippen molar-refractivity contribution in [2.75, 3.05) is 13.1 Å². The van der Waals surface area contributed by atoms with E-state index in [0.29, 0.717) is 0 Å². The fourth-order valence-corrected chi connectivity index (χ4v) is 0.734. The van der Waals surface area contributed by atoms with Crippen molar-refractivity contribution in [3.63, 3.8) is 0 Å². The maximum Gasteiger partial charge on any atom is 0.0742 e. The second kappa shape index (κ2) is 8.66. The number of rotatable bonds is 6. The van der Waals surface area contributed by atoms with Crippen LogP contribution in [0.2, 0.25) is 0 Å². The summed E-state index contributed by atoms with van der Waals surface area (Å²) in [5, 5.41) is 0. The van der Waals surface area contributed by atoms with Crippen molar-refractivity contribution in [3.05, 3.63) is 12.2 Å². The third kappa shape index (κ3) is 7.66. The molecule has 0 radical (unpaired) electrons. The Kier molecular flexibility index (Phi) is 8.37. The van der Waals surface area contributed by atoms with E-state index in [9.17, 15) is 0 Å². The lowest BCUT2D eigenvalue weighted by Gasteiger charge is -1.88. The molecule has 0 fully saturated rings. The summed E-state index contributed by atoms with van der Waals surface area (Å²) in [6.07, 6.45) is 9.06. The molecule has 0 heterocycles. The molecule has 0 spiro atoms. The molecule has 10 heavy (non-hydrogen) atoms. The number of hydrogen-bond donors (Lipinski definition) is 2. The highest BCUT2D eigenvalue weighted by molar-refractivity contribution is 4.81. The Morgan fingerprint density at radius 1 is 1.10 bits per heavy atom. The molecule has 0 rings (SSSR count). The standard InChI is InChI=1S/C8H18N2/c9-7-5-3-1-2-4-6-8-10/h1-2H,3-10H2/p+1/b2-1+. The Bertz CT molecular complexity index is 69.3. The molecule has 0 aromatic rings. The van der Waals surface area contributed by atoms with E-state index in [0.717, 1.165) is 25.9 Å². The highest BCUT2D eigenvalue weighted by Gasteiger charge is 1.80. The minimum atomic E-state index is 0.805. The Morgan fingerprint density at radius 3 is 2.20 bits per heavy atom. The first-order chi connectivity index (χ1) is 4.91. The lowest BCUT2D eigenvalue weighted by molar-refractivity contribution is -0.368. The van der Waals surface area contributed by atoms with Crippen LogP contribution in [0, 0.1) is 0 Å². The van der Waals surface area contributed by atoms with Crippen molar-refractivity contribution in [3.8, 4) is 0 Å². The number of hydrogen-bond acceptors (Lipinski definition) is 1. The molecule has 0 saturated carbocycles. The molecule has 0 bridgehead atoms. The summed E-state index contributed by atoms with van der Waals surface area (Å²) in [6, 6.07) is 0. The van der Waals surface area contributed by atoms with Gasteiger partial charge in [-0.25, -0.2) is 0 Å². The molecule has 0 aliphatic rings. The Morgan fingerprint density at radius 2 is 1.70 bits per heavy atom. The summed E-state index contributed by atoms with van der Waals surface area (Å²) in [7, 11) is 0. The van der Waals surface area contributed by atoms with Gasteiger partial charge in [0.1, 0.15) is 0 Å². The maximum absolute atomic E-state index is 5.33. The fraction of sp³-hybridized carbons (Fsp3) is 0.750. The SMILES string of the molecule is NCCC/C=C/CCC[NH3+]. The third-order valence-corrected chi connectivity index (χ3v) is 1.36. The van der Waals surface area contributed by atoms with Crippen LogP contribution >= 0.6 is 0 Å². The second-order valence-electron chi connectivity index (χ2n) is 2.40. The van der Waals surface area contributed by atoms with Gasteiger partial charge in [-0.3, -0.25) is 0 Å². The van der Waals surface area contributed by atoms with Crippen molar-refractivity contribution in [2.45, 2.75) is 25.7 Å². The lowest BCUT2D eigenvalue weighted by atomic mass is 10.2. The summed E-state index contributed by atoms with van der Waals surface area (Å²) < 4.78 is 0. The Hall–Kier alpha value is -0.340. The monoisotopic (exact) mass is 143 g/mol. The number of nitrogens with two attached hydrogens (primary N) is 1. The first-order valence-corrected chi connectivity index (χ1v) is 4.06. The van der Waals surface area contributed by atoms with Crippen LogP contribution in [0.25, 0.3) is 0 Å². The molecule has 0 aliphatic carbocycles. The number of quaternary nitrogens is 1. The highest BCUT2D eigenvalue weighted by atomic mass is 14.5. The Labute approximate surface area is 63.3 Å². The molecule has 60 valence electrons. The van der Waals surface area contributed by atoms with E-state index in [2.05, 4.69) is 17.9 Å². The molecule has 5 N–H and O–H groups in total.